The van der Waals surface area contributed by atoms with Crippen molar-refractivity contribution in [2.75, 3.05) is 53.6 Å². The van der Waals surface area contributed by atoms with Crippen LogP contribution in [0.15, 0.2) is 152 Å². The van der Waals surface area contributed by atoms with Crippen LogP contribution in [0.25, 0.3) is 0 Å². The maximum Gasteiger partial charge on any atom is 0.416 e. The lowest BCUT2D eigenvalue weighted by Gasteiger charge is -2.50. The number of ether oxygens (including phenoxy) is 11. The van der Waals surface area contributed by atoms with Crippen LogP contribution in [-0.4, -0.2) is 115 Å². The van der Waals surface area contributed by atoms with Crippen molar-refractivity contribution in [3.05, 3.63) is 185 Å². The fraction of sp³-hybridized carbons (Fsp3) is 0.457. The fourth-order valence-electron chi connectivity index (χ4n) is 10.9. The largest absolute Gasteiger partial charge is 0.497 e. The number of urea groups is 1. The fourth-order valence-corrected chi connectivity index (χ4v) is 10.9. The Morgan fingerprint density at radius 3 is 1.58 bits per heavy atom. The van der Waals surface area contributed by atoms with E-state index in [0.717, 1.165) is 72.1 Å². The molecule has 2 saturated heterocycles. The number of nitrogens with one attached hydrogen (secondary N) is 4. The normalized spacial score (nSPS) is 20.8. The first-order chi connectivity index (χ1) is 43.8. The number of benzene rings is 6. The van der Waals surface area contributed by atoms with Gasteiger partial charge in [-0.25, -0.2) is 4.79 Å². The van der Waals surface area contributed by atoms with Crippen molar-refractivity contribution in [1.82, 2.24) is 16.0 Å². The minimum absolute atomic E-state index is 0.0276. The van der Waals surface area contributed by atoms with Crippen molar-refractivity contribution in [3.63, 3.8) is 0 Å². The Morgan fingerprint density at radius 1 is 0.533 bits per heavy atom. The van der Waals surface area contributed by atoms with Gasteiger partial charge in [-0.05, 0) is 101 Å². The quantitative estimate of drug-likeness (QED) is 0.0276. The molecule has 4 unspecified atom stereocenters. The Bertz CT molecular complexity index is 3040. The molecule has 6 aromatic rings. The summed E-state index contributed by atoms with van der Waals surface area (Å²) in [5.74, 6) is 2.41. The number of hydrogen-bond acceptors (Lipinski definition) is 14. The van der Waals surface area contributed by atoms with Crippen molar-refractivity contribution >= 4 is 17.6 Å². The molecular weight excluding hydrogens is 1160 g/mol. The van der Waals surface area contributed by atoms with Crippen LogP contribution in [0.3, 0.4) is 0 Å². The van der Waals surface area contributed by atoms with E-state index in [1.807, 2.05) is 115 Å². The summed E-state index contributed by atoms with van der Waals surface area (Å²) in [6, 6.07) is 40.0. The van der Waals surface area contributed by atoms with Gasteiger partial charge in [-0.2, -0.15) is 13.2 Å². The molecule has 4 N–H and O–H groups in total. The van der Waals surface area contributed by atoms with Crippen molar-refractivity contribution in [1.29, 1.82) is 0 Å². The van der Waals surface area contributed by atoms with E-state index < -0.39 is 72.7 Å². The average molecular weight is 1250 g/mol. The molecule has 486 valence electrons. The highest BCUT2D eigenvalue weighted by Gasteiger charge is 2.52. The number of anilines is 1. The summed E-state index contributed by atoms with van der Waals surface area (Å²) >= 11 is 0. The van der Waals surface area contributed by atoms with E-state index in [2.05, 4.69) is 28.2 Å². The van der Waals surface area contributed by atoms with Crippen molar-refractivity contribution < 1.29 is 74.9 Å². The van der Waals surface area contributed by atoms with Gasteiger partial charge in [0.05, 0.1) is 92.3 Å². The molecule has 0 saturated carbocycles. The van der Waals surface area contributed by atoms with Crippen molar-refractivity contribution in [2.45, 2.75) is 159 Å². The molecule has 6 aromatic carbocycles. The van der Waals surface area contributed by atoms with E-state index >= 15 is 0 Å². The number of halogens is 3. The monoisotopic (exact) mass is 1250 g/mol. The number of methoxy groups -OCH3 is 4. The number of hydrogen-bond donors (Lipinski definition) is 4. The Hall–Kier alpha value is -7.27. The van der Waals surface area contributed by atoms with Gasteiger partial charge in [-0.1, -0.05) is 137 Å². The minimum atomic E-state index is -4.70. The number of rotatable bonds is 35. The molecule has 2 aliphatic rings. The summed E-state index contributed by atoms with van der Waals surface area (Å²) in [5.41, 5.74) is 3.11. The van der Waals surface area contributed by atoms with Crippen LogP contribution in [0.1, 0.15) is 98.1 Å². The van der Waals surface area contributed by atoms with E-state index in [-0.39, 0.29) is 64.3 Å². The Balaban J connectivity index is 1.20. The molecule has 0 aliphatic carbocycles. The molecular formula is C70H87F3N4O13. The highest BCUT2D eigenvalue weighted by atomic mass is 19.4. The second kappa shape index (κ2) is 35.9. The first-order valence-electron chi connectivity index (χ1n) is 31.0. The Labute approximate surface area is 526 Å². The van der Waals surface area contributed by atoms with E-state index in [1.165, 1.54) is 25.0 Å². The standard InChI is InChI=1S/C70H87F3N4O13/c1-6-7-8-9-10-11-12-16-22-62(78)76-63-60(46-84-41-49-23-31-55(80-2)32-24-49)86-45-59(74-40-48-18-14-13-15-19-48)65(63)90-68-64(77-69(79)75-54-21-17-20-53(39-54)70(71,72)73)67(88-44-52-29-37-58(83-5)38-30-52)66(87-43-51-27-35-57(82-4)36-28-51)61(89-68)47-85-42-50-25-33-56(81-3)34-26-50/h13-15,17-21,23-39,59-61,63-68,74H,6-12,16,22,40-47H2,1-5H3,(H,76,78)(H2,75,77,79)/t59?,60?,61?,63-,64?,65+,66-,67+,68-/m0/s1. The number of unbranched alkanes of at least 4 members (excludes halogenated alkanes) is 7. The smallest absolute Gasteiger partial charge is 0.416 e. The molecule has 17 nitrogen and oxygen atoms in total. The third kappa shape index (κ3) is 21.4. The number of carbonyl (C=O) groups is 2. The highest BCUT2D eigenvalue weighted by Crippen LogP contribution is 2.35. The summed E-state index contributed by atoms with van der Waals surface area (Å²) in [5, 5.41) is 12.7. The van der Waals surface area contributed by atoms with Crippen molar-refractivity contribution in [3.8, 4) is 23.0 Å². The first-order valence-corrected chi connectivity index (χ1v) is 31.0. The van der Waals surface area contributed by atoms with Crippen LogP contribution in [0.5, 0.6) is 23.0 Å². The highest BCUT2D eigenvalue weighted by molar-refractivity contribution is 5.89. The zero-order valence-corrected chi connectivity index (χ0v) is 52.1. The van der Waals surface area contributed by atoms with E-state index in [0.29, 0.717) is 36.0 Å². The van der Waals surface area contributed by atoms with Crippen LogP contribution >= 0.6 is 0 Å². The summed E-state index contributed by atoms with van der Waals surface area (Å²) in [6.45, 7) is 2.95. The van der Waals surface area contributed by atoms with Gasteiger partial charge in [0, 0.05) is 18.7 Å². The minimum Gasteiger partial charge on any atom is -0.497 e. The SMILES string of the molecule is CCCCCCCCCCC(=O)N[C@H]1C(COCc2ccc(OC)cc2)OCC(NCc2ccccc2)[C@H]1O[C@@H]1OC(COCc2ccc(OC)cc2)[C@H](OCc2ccc(OC)cc2)[C@H](OCc2ccc(OC)cc2)C1NC(=O)Nc1cccc(C(F)(F)F)c1. The lowest BCUT2D eigenvalue weighted by molar-refractivity contribution is -0.309. The summed E-state index contributed by atoms with van der Waals surface area (Å²) in [4.78, 5) is 29.3. The lowest BCUT2D eigenvalue weighted by atomic mass is 9.92. The third-order valence-electron chi connectivity index (χ3n) is 15.9. The molecule has 0 radical (unpaired) electrons. The second-order valence-electron chi connectivity index (χ2n) is 22.5. The number of amides is 3. The average Bonchev–Trinajstić information content (AvgIpc) is 0.885. The molecule has 90 heavy (non-hydrogen) atoms. The molecule has 20 heteroatoms. The molecule has 0 spiro atoms. The van der Waals surface area contributed by atoms with Gasteiger partial charge in [0.2, 0.25) is 5.91 Å². The molecule has 2 aliphatic heterocycles. The van der Waals surface area contributed by atoms with E-state index in [1.54, 1.807) is 40.6 Å². The van der Waals surface area contributed by atoms with Crippen LogP contribution in [0.2, 0.25) is 0 Å². The third-order valence-corrected chi connectivity index (χ3v) is 15.9. The van der Waals surface area contributed by atoms with Gasteiger partial charge in [0.25, 0.3) is 0 Å². The molecule has 2 fully saturated rings. The topological polar surface area (TPSA) is 184 Å². The number of carbonyl (C=O) groups excluding carboxylic acids is 2. The van der Waals surface area contributed by atoms with E-state index in [4.69, 9.17) is 52.1 Å². The van der Waals surface area contributed by atoms with Gasteiger partial charge in [0.15, 0.2) is 6.29 Å². The van der Waals surface area contributed by atoms with Gasteiger partial charge in [-0.3, -0.25) is 4.79 Å². The maximum absolute atomic E-state index is 14.8. The predicted octanol–water partition coefficient (Wildman–Crippen LogP) is 12.5. The Kier molecular flexibility index (Phi) is 27.4. The summed E-state index contributed by atoms with van der Waals surface area (Å²) < 4.78 is 113. The zero-order valence-electron chi connectivity index (χ0n) is 52.1. The molecule has 2 heterocycles. The first kappa shape index (κ1) is 68.6. The second-order valence-corrected chi connectivity index (χ2v) is 22.5. The maximum atomic E-state index is 14.8. The Morgan fingerprint density at radius 2 is 1.04 bits per heavy atom. The van der Waals surface area contributed by atoms with Gasteiger partial charge < -0.3 is 73.4 Å². The van der Waals surface area contributed by atoms with E-state index in [9.17, 15) is 22.8 Å². The molecule has 0 bridgehead atoms. The van der Waals surface area contributed by atoms with Gasteiger partial charge in [-0.15, -0.1) is 0 Å². The summed E-state index contributed by atoms with van der Waals surface area (Å²) in [6.07, 6.45) is -2.52. The van der Waals surface area contributed by atoms with Gasteiger partial charge >= 0.3 is 12.2 Å². The zero-order chi connectivity index (χ0) is 63.5. The summed E-state index contributed by atoms with van der Waals surface area (Å²) in [7, 11) is 6.34. The molecule has 9 atom stereocenters. The van der Waals surface area contributed by atoms with Crippen LogP contribution in [-0.2, 0) is 77.1 Å². The lowest BCUT2D eigenvalue weighted by Crippen LogP contribution is -2.70. The number of alkyl halides is 3. The van der Waals surface area contributed by atoms with Crippen LogP contribution in [0, 0.1) is 0 Å². The predicted molar refractivity (Wildman–Crippen MR) is 335 cm³/mol. The van der Waals surface area contributed by atoms with Gasteiger partial charge in [0.1, 0.15) is 59.6 Å². The van der Waals surface area contributed by atoms with Crippen LogP contribution < -0.4 is 40.2 Å². The molecule has 0 aromatic heterocycles. The molecule has 3 amide bonds. The molecule has 8 rings (SSSR count). The van der Waals surface area contributed by atoms with Crippen molar-refractivity contribution in [2.24, 2.45) is 0 Å². The van der Waals surface area contributed by atoms with Crippen LogP contribution in [0.4, 0.5) is 23.7 Å².